The van der Waals surface area contributed by atoms with E-state index in [4.69, 9.17) is 9.47 Å². The molecule has 0 fully saturated rings. The highest BCUT2D eigenvalue weighted by Crippen LogP contribution is 2.38. The van der Waals surface area contributed by atoms with E-state index in [2.05, 4.69) is 28.4 Å². The van der Waals surface area contributed by atoms with Gasteiger partial charge in [-0.3, -0.25) is 9.69 Å². The van der Waals surface area contributed by atoms with Crippen molar-refractivity contribution in [1.29, 1.82) is 0 Å². The van der Waals surface area contributed by atoms with Crippen LogP contribution in [0.25, 0.3) is 10.9 Å². The van der Waals surface area contributed by atoms with E-state index in [9.17, 15) is 9.59 Å². The fourth-order valence-corrected chi connectivity index (χ4v) is 4.45. The zero-order valence-corrected chi connectivity index (χ0v) is 19.0. The summed E-state index contributed by atoms with van der Waals surface area (Å²) in [5, 5.41) is 3.67. The second-order valence-corrected chi connectivity index (χ2v) is 8.05. The van der Waals surface area contributed by atoms with E-state index in [1.807, 2.05) is 36.7 Å². The fourth-order valence-electron chi connectivity index (χ4n) is 4.45. The number of methoxy groups -OCH3 is 1. The number of benzene rings is 2. The summed E-state index contributed by atoms with van der Waals surface area (Å²) in [5.41, 5.74) is 5.15. The van der Waals surface area contributed by atoms with Crippen molar-refractivity contribution in [3.8, 4) is 5.75 Å². The number of nitrogens with zero attached hydrogens (tertiary/aromatic N) is 2. The molecule has 0 spiro atoms. The van der Waals surface area contributed by atoms with Crippen molar-refractivity contribution in [3.05, 3.63) is 58.8 Å². The zero-order chi connectivity index (χ0) is 22.8. The topological polar surface area (TPSA) is 72.8 Å². The lowest BCUT2D eigenvalue weighted by molar-refractivity contribution is -0.117. The molecule has 7 nitrogen and oxygen atoms in total. The Labute approximate surface area is 187 Å². The molecular formula is C25H29N3O4. The molecule has 1 aromatic heterocycles. The SMILES string of the molecule is CCOC(=O)c1c(C)n(C)c2ccc(OC)c(NC(=O)CN3CCc4ccccc4C3)c12. The van der Waals surface area contributed by atoms with Gasteiger partial charge in [0, 0.05) is 31.2 Å². The molecule has 32 heavy (non-hydrogen) atoms. The van der Waals surface area contributed by atoms with E-state index in [1.54, 1.807) is 14.0 Å². The van der Waals surface area contributed by atoms with Crippen LogP contribution in [0.15, 0.2) is 36.4 Å². The second kappa shape index (κ2) is 9.04. The number of carbonyl (C=O) groups is 2. The molecule has 0 unspecified atom stereocenters. The van der Waals surface area contributed by atoms with Crippen LogP contribution in [-0.4, -0.2) is 48.1 Å². The van der Waals surface area contributed by atoms with Gasteiger partial charge in [-0.1, -0.05) is 24.3 Å². The number of fused-ring (bicyclic) bond motifs is 2. The summed E-state index contributed by atoms with van der Waals surface area (Å²) in [5.74, 6) is -0.0514. The molecule has 0 atom stereocenters. The van der Waals surface area contributed by atoms with Crippen LogP contribution in [0, 0.1) is 6.92 Å². The molecule has 1 N–H and O–H groups in total. The van der Waals surface area contributed by atoms with Gasteiger partial charge in [-0.05, 0) is 43.5 Å². The first-order valence-corrected chi connectivity index (χ1v) is 10.9. The highest BCUT2D eigenvalue weighted by Gasteiger charge is 2.26. The first-order valence-electron chi connectivity index (χ1n) is 10.9. The molecule has 0 aliphatic carbocycles. The lowest BCUT2D eigenvalue weighted by Gasteiger charge is -2.28. The van der Waals surface area contributed by atoms with Crippen molar-refractivity contribution >= 4 is 28.5 Å². The van der Waals surface area contributed by atoms with Gasteiger partial charge in [0.05, 0.1) is 37.0 Å². The quantitative estimate of drug-likeness (QED) is 0.598. The van der Waals surface area contributed by atoms with Crippen LogP contribution in [0.2, 0.25) is 0 Å². The Kier molecular flexibility index (Phi) is 6.19. The van der Waals surface area contributed by atoms with Crippen molar-refractivity contribution in [3.63, 3.8) is 0 Å². The second-order valence-electron chi connectivity index (χ2n) is 8.05. The Balaban J connectivity index is 1.65. The number of ether oxygens (including phenoxy) is 2. The summed E-state index contributed by atoms with van der Waals surface area (Å²) >= 11 is 0. The van der Waals surface area contributed by atoms with Crippen molar-refractivity contribution in [2.75, 3.05) is 32.1 Å². The number of amides is 1. The minimum Gasteiger partial charge on any atom is -0.495 e. The average molecular weight is 436 g/mol. The van der Waals surface area contributed by atoms with Gasteiger partial charge in [0.25, 0.3) is 0 Å². The third kappa shape index (κ3) is 3.96. The van der Waals surface area contributed by atoms with Crippen LogP contribution >= 0.6 is 0 Å². The van der Waals surface area contributed by atoms with E-state index in [-0.39, 0.29) is 19.1 Å². The fraction of sp³-hybridized carbons (Fsp3) is 0.360. The van der Waals surface area contributed by atoms with Crippen LogP contribution in [0.4, 0.5) is 5.69 Å². The molecule has 2 heterocycles. The van der Waals surface area contributed by atoms with Gasteiger partial charge < -0.3 is 19.4 Å². The van der Waals surface area contributed by atoms with E-state index in [0.29, 0.717) is 22.4 Å². The van der Waals surface area contributed by atoms with E-state index < -0.39 is 5.97 Å². The van der Waals surface area contributed by atoms with Gasteiger partial charge in [-0.2, -0.15) is 0 Å². The Bertz CT molecular complexity index is 1180. The maximum Gasteiger partial charge on any atom is 0.340 e. The van der Waals surface area contributed by atoms with Crippen LogP contribution in [0.3, 0.4) is 0 Å². The van der Waals surface area contributed by atoms with Crippen molar-refractivity contribution in [2.45, 2.75) is 26.8 Å². The number of anilines is 1. The maximum absolute atomic E-state index is 13.1. The Morgan fingerprint density at radius 2 is 1.88 bits per heavy atom. The highest BCUT2D eigenvalue weighted by atomic mass is 16.5. The van der Waals surface area contributed by atoms with Gasteiger partial charge in [-0.15, -0.1) is 0 Å². The monoisotopic (exact) mass is 435 g/mol. The normalized spacial score (nSPS) is 13.6. The van der Waals surface area contributed by atoms with Crippen LogP contribution in [0.5, 0.6) is 5.75 Å². The number of aryl methyl sites for hydroxylation is 1. The van der Waals surface area contributed by atoms with Crippen LogP contribution < -0.4 is 10.1 Å². The first kappa shape index (κ1) is 21.9. The van der Waals surface area contributed by atoms with Crippen molar-refractivity contribution in [1.82, 2.24) is 9.47 Å². The number of aromatic nitrogens is 1. The number of esters is 1. The number of rotatable bonds is 6. The van der Waals surface area contributed by atoms with Crippen molar-refractivity contribution in [2.24, 2.45) is 7.05 Å². The summed E-state index contributed by atoms with van der Waals surface area (Å²) in [6.07, 6.45) is 0.924. The van der Waals surface area contributed by atoms with E-state index in [0.717, 1.165) is 30.7 Å². The average Bonchev–Trinajstić information content (AvgIpc) is 3.04. The summed E-state index contributed by atoms with van der Waals surface area (Å²) in [6.45, 7) is 5.74. The molecule has 1 aliphatic heterocycles. The molecule has 3 aromatic rings. The van der Waals surface area contributed by atoms with Crippen LogP contribution in [0.1, 0.15) is 34.1 Å². The lowest BCUT2D eigenvalue weighted by atomic mass is 10.00. The number of hydrogen-bond acceptors (Lipinski definition) is 5. The smallest absolute Gasteiger partial charge is 0.340 e. The molecular weight excluding hydrogens is 406 g/mol. The molecule has 2 aromatic carbocycles. The third-order valence-corrected chi connectivity index (χ3v) is 6.16. The largest absolute Gasteiger partial charge is 0.495 e. The zero-order valence-electron chi connectivity index (χ0n) is 19.0. The molecule has 168 valence electrons. The molecule has 0 radical (unpaired) electrons. The maximum atomic E-state index is 13.1. The standard InChI is InChI=1S/C25H29N3O4/c1-5-32-25(30)22-16(2)27(3)19-10-11-20(31-4)24(23(19)22)26-21(29)15-28-13-12-17-8-6-7-9-18(17)14-28/h6-11H,5,12-15H2,1-4H3,(H,26,29). The van der Waals surface area contributed by atoms with Crippen LogP contribution in [-0.2, 0) is 29.5 Å². The first-order chi connectivity index (χ1) is 15.4. The molecule has 0 saturated carbocycles. The van der Waals surface area contributed by atoms with Crippen molar-refractivity contribution < 1.29 is 19.1 Å². The number of nitrogens with one attached hydrogen (secondary N) is 1. The Morgan fingerprint density at radius 3 is 2.59 bits per heavy atom. The Morgan fingerprint density at radius 1 is 1.12 bits per heavy atom. The molecule has 1 aliphatic rings. The summed E-state index contributed by atoms with van der Waals surface area (Å²) in [7, 11) is 3.45. The molecule has 4 rings (SSSR count). The summed E-state index contributed by atoms with van der Waals surface area (Å²) < 4.78 is 12.8. The summed E-state index contributed by atoms with van der Waals surface area (Å²) in [6, 6.07) is 12.0. The van der Waals surface area contributed by atoms with Gasteiger partial charge in [-0.25, -0.2) is 4.79 Å². The third-order valence-electron chi connectivity index (χ3n) is 6.16. The minimum atomic E-state index is -0.410. The van der Waals surface area contributed by atoms with E-state index >= 15 is 0 Å². The molecule has 0 saturated heterocycles. The van der Waals surface area contributed by atoms with Gasteiger partial charge in [0.15, 0.2) is 0 Å². The van der Waals surface area contributed by atoms with E-state index in [1.165, 1.54) is 11.1 Å². The van der Waals surface area contributed by atoms with Gasteiger partial charge >= 0.3 is 5.97 Å². The molecule has 1 amide bonds. The molecule has 7 heteroatoms. The number of hydrogen-bond donors (Lipinski definition) is 1. The lowest BCUT2D eigenvalue weighted by Crippen LogP contribution is -2.37. The van der Waals surface area contributed by atoms with Gasteiger partial charge in [0.1, 0.15) is 5.75 Å². The minimum absolute atomic E-state index is 0.147. The van der Waals surface area contributed by atoms with Gasteiger partial charge in [0.2, 0.25) is 5.91 Å². The highest BCUT2D eigenvalue weighted by molar-refractivity contribution is 6.14. The molecule has 0 bridgehead atoms. The Hall–Kier alpha value is -3.32. The predicted octanol–water partition coefficient (Wildman–Crippen LogP) is 3.67. The summed E-state index contributed by atoms with van der Waals surface area (Å²) in [4.78, 5) is 28.0. The number of carbonyl (C=O) groups excluding carboxylic acids is 2. The predicted molar refractivity (Wildman–Crippen MR) is 124 cm³/mol.